The highest BCUT2D eigenvalue weighted by molar-refractivity contribution is 6.33. The van der Waals surface area contributed by atoms with Crippen LogP contribution in [-0.4, -0.2) is 9.97 Å². The topological polar surface area (TPSA) is 63.8 Å². The summed E-state index contributed by atoms with van der Waals surface area (Å²) in [6, 6.07) is 4.13. The maximum absolute atomic E-state index is 13.0. The van der Waals surface area contributed by atoms with E-state index in [2.05, 4.69) is 15.3 Å². The fraction of sp³-hybridized carbons (Fsp3) is 0.286. The molecule has 0 bridgehead atoms. The second-order valence-corrected chi connectivity index (χ2v) is 5.25. The predicted molar refractivity (Wildman–Crippen MR) is 80.0 cm³/mol. The van der Waals surface area contributed by atoms with Crippen molar-refractivity contribution in [2.24, 2.45) is 0 Å². The van der Waals surface area contributed by atoms with Crippen molar-refractivity contribution in [2.75, 3.05) is 11.1 Å². The largest absolute Gasteiger partial charge is 0.383 e. The van der Waals surface area contributed by atoms with Crippen molar-refractivity contribution < 1.29 is 4.39 Å². The number of nitrogen functional groups attached to an aromatic ring is 1. The quantitative estimate of drug-likeness (QED) is 0.897. The summed E-state index contributed by atoms with van der Waals surface area (Å²) in [5, 5.41) is 3.36. The molecule has 0 aliphatic rings. The molecule has 1 aromatic carbocycles. The third-order valence-corrected chi connectivity index (χ3v) is 3.21. The summed E-state index contributed by atoms with van der Waals surface area (Å²) in [6.07, 6.45) is 0. The average Bonchev–Trinajstić information content (AvgIpc) is 2.37. The van der Waals surface area contributed by atoms with Crippen LogP contribution in [0.5, 0.6) is 0 Å². The highest BCUT2D eigenvalue weighted by Gasteiger charge is 2.12. The molecule has 3 N–H and O–H groups in total. The van der Waals surface area contributed by atoms with E-state index in [1.807, 2.05) is 20.8 Å². The first-order chi connectivity index (χ1) is 9.38. The summed E-state index contributed by atoms with van der Waals surface area (Å²) < 4.78 is 13.0. The van der Waals surface area contributed by atoms with Crippen LogP contribution in [-0.2, 0) is 0 Å². The Hall–Kier alpha value is -1.88. The Morgan fingerprint density at radius 3 is 2.60 bits per heavy atom. The number of benzene rings is 1. The number of hydrogen-bond donors (Lipinski definition) is 2. The molecule has 6 heteroatoms. The van der Waals surface area contributed by atoms with Crippen molar-refractivity contribution in [3.8, 4) is 0 Å². The second kappa shape index (κ2) is 5.63. The number of nitrogens with two attached hydrogens (primary N) is 1. The van der Waals surface area contributed by atoms with Crippen LogP contribution in [0.25, 0.3) is 0 Å². The average molecular weight is 295 g/mol. The molecule has 1 heterocycles. The third kappa shape index (κ3) is 2.99. The van der Waals surface area contributed by atoms with Crippen LogP contribution in [0.3, 0.4) is 0 Å². The Morgan fingerprint density at radius 2 is 2.00 bits per heavy atom. The monoisotopic (exact) mass is 294 g/mol. The van der Waals surface area contributed by atoms with Gasteiger partial charge in [-0.1, -0.05) is 25.4 Å². The zero-order valence-corrected chi connectivity index (χ0v) is 12.3. The van der Waals surface area contributed by atoms with Crippen LogP contribution in [0, 0.1) is 12.7 Å². The molecule has 0 saturated carbocycles. The number of anilines is 3. The van der Waals surface area contributed by atoms with Crippen LogP contribution in [0.1, 0.15) is 31.2 Å². The molecule has 0 unspecified atom stereocenters. The normalized spacial score (nSPS) is 10.9. The molecular formula is C14H16ClFN4. The lowest BCUT2D eigenvalue weighted by molar-refractivity contribution is 0.628. The molecule has 0 aliphatic heterocycles. The Labute approximate surface area is 122 Å². The molecule has 0 spiro atoms. The van der Waals surface area contributed by atoms with Gasteiger partial charge in [-0.05, 0) is 25.1 Å². The Kier molecular flexibility index (Phi) is 4.09. The number of nitrogens with zero attached hydrogens (tertiary/aromatic N) is 2. The SMILES string of the molecule is Cc1c(N)nc(C(C)C)nc1Nc1ccc(F)cc1Cl. The van der Waals surface area contributed by atoms with Gasteiger partial charge >= 0.3 is 0 Å². The van der Waals surface area contributed by atoms with Gasteiger partial charge in [0.05, 0.1) is 10.7 Å². The molecule has 20 heavy (non-hydrogen) atoms. The third-order valence-electron chi connectivity index (χ3n) is 2.90. The van der Waals surface area contributed by atoms with Crippen molar-refractivity contribution >= 4 is 28.9 Å². The van der Waals surface area contributed by atoms with Crippen molar-refractivity contribution in [2.45, 2.75) is 26.7 Å². The van der Waals surface area contributed by atoms with Crippen molar-refractivity contribution in [3.05, 3.63) is 40.4 Å². The van der Waals surface area contributed by atoms with Gasteiger partial charge in [0.1, 0.15) is 23.3 Å². The standard InChI is InChI=1S/C14H16ClFN4/c1-7(2)13-19-12(17)8(3)14(20-13)18-11-5-4-9(16)6-10(11)15/h4-7H,1-3H3,(H3,17,18,19,20). The number of halogens is 2. The van der Waals surface area contributed by atoms with Gasteiger partial charge in [0, 0.05) is 11.5 Å². The second-order valence-electron chi connectivity index (χ2n) is 4.84. The van der Waals surface area contributed by atoms with Crippen LogP contribution < -0.4 is 11.1 Å². The summed E-state index contributed by atoms with van der Waals surface area (Å²) in [6.45, 7) is 5.79. The molecule has 2 aromatic rings. The summed E-state index contributed by atoms with van der Waals surface area (Å²) in [4.78, 5) is 8.68. The van der Waals surface area contributed by atoms with E-state index < -0.39 is 0 Å². The zero-order valence-electron chi connectivity index (χ0n) is 11.5. The van der Waals surface area contributed by atoms with Crippen molar-refractivity contribution in [1.82, 2.24) is 9.97 Å². The van der Waals surface area contributed by atoms with Crippen LogP contribution in [0.15, 0.2) is 18.2 Å². The van der Waals surface area contributed by atoms with Gasteiger partial charge in [-0.25, -0.2) is 14.4 Å². The summed E-state index contributed by atoms with van der Waals surface area (Å²) >= 11 is 6.00. The zero-order chi connectivity index (χ0) is 14.9. The molecular weight excluding hydrogens is 279 g/mol. The fourth-order valence-electron chi connectivity index (χ4n) is 1.65. The smallest absolute Gasteiger partial charge is 0.139 e. The van der Waals surface area contributed by atoms with E-state index in [0.29, 0.717) is 23.1 Å². The minimum atomic E-state index is -0.387. The van der Waals surface area contributed by atoms with Gasteiger partial charge in [-0.2, -0.15) is 0 Å². The number of rotatable bonds is 3. The molecule has 0 amide bonds. The maximum atomic E-state index is 13.0. The molecule has 1 aromatic heterocycles. The molecule has 106 valence electrons. The molecule has 4 nitrogen and oxygen atoms in total. The minimum absolute atomic E-state index is 0.155. The van der Waals surface area contributed by atoms with E-state index in [0.717, 1.165) is 5.56 Å². The van der Waals surface area contributed by atoms with Gasteiger partial charge in [0.25, 0.3) is 0 Å². The molecule has 0 atom stereocenters. The van der Waals surface area contributed by atoms with Gasteiger partial charge in [-0.3, -0.25) is 0 Å². The lowest BCUT2D eigenvalue weighted by Crippen LogP contribution is -2.08. The molecule has 0 aliphatic carbocycles. The highest BCUT2D eigenvalue weighted by atomic mass is 35.5. The van der Waals surface area contributed by atoms with Gasteiger partial charge < -0.3 is 11.1 Å². The number of aromatic nitrogens is 2. The molecule has 0 fully saturated rings. The summed E-state index contributed by atoms with van der Waals surface area (Å²) in [5.74, 6) is 1.41. The van der Waals surface area contributed by atoms with E-state index in [-0.39, 0.29) is 16.8 Å². The van der Waals surface area contributed by atoms with Crippen LogP contribution in [0.4, 0.5) is 21.7 Å². The van der Waals surface area contributed by atoms with Crippen molar-refractivity contribution in [1.29, 1.82) is 0 Å². The number of hydrogen-bond acceptors (Lipinski definition) is 4. The Balaban J connectivity index is 2.42. The first-order valence-corrected chi connectivity index (χ1v) is 6.62. The van der Waals surface area contributed by atoms with Gasteiger partial charge in [0.2, 0.25) is 0 Å². The van der Waals surface area contributed by atoms with E-state index >= 15 is 0 Å². The minimum Gasteiger partial charge on any atom is -0.383 e. The van der Waals surface area contributed by atoms with Gasteiger partial charge in [-0.15, -0.1) is 0 Å². The predicted octanol–water partition coefficient (Wildman–Crippen LogP) is 4.03. The molecule has 0 saturated heterocycles. The Bertz CT molecular complexity index is 643. The maximum Gasteiger partial charge on any atom is 0.139 e. The Morgan fingerprint density at radius 1 is 1.30 bits per heavy atom. The van der Waals surface area contributed by atoms with E-state index in [1.165, 1.54) is 12.1 Å². The van der Waals surface area contributed by atoms with E-state index in [9.17, 15) is 4.39 Å². The molecule has 0 radical (unpaired) electrons. The first kappa shape index (κ1) is 14.5. The molecule has 2 rings (SSSR count). The van der Waals surface area contributed by atoms with E-state index in [1.54, 1.807) is 6.07 Å². The first-order valence-electron chi connectivity index (χ1n) is 6.24. The van der Waals surface area contributed by atoms with Crippen LogP contribution >= 0.6 is 11.6 Å². The lowest BCUT2D eigenvalue weighted by atomic mass is 10.2. The van der Waals surface area contributed by atoms with Crippen LogP contribution in [0.2, 0.25) is 5.02 Å². The van der Waals surface area contributed by atoms with Crippen molar-refractivity contribution in [3.63, 3.8) is 0 Å². The fourth-order valence-corrected chi connectivity index (χ4v) is 1.86. The number of nitrogens with one attached hydrogen (secondary N) is 1. The summed E-state index contributed by atoms with van der Waals surface area (Å²) in [5.41, 5.74) is 7.20. The van der Waals surface area contributed by atoms with Gasteiger partial charge in [0.15, 0.2) is 0 Å². The lowest BCUT2D eigenvalue weighted by Gasteiger charge is -2.14. The van der Waals surface area contributed by atoms with E-state index in [4.69, 9.17) is 17.3 Å². The summed E-state index contributed by atoms with van der Waals surface area (Å²) in [7, 11) is 0. The highest BCUT2D eigenvalue weighted by Crippen LogP contribution is 2.28.